The van der Waals surface area contributed by atoms with Crippen molar-refractivity contribution in [2.24, 2.45) is 5.92 Å². The fourth-order valence-corrected chi connectivity index (χ4v) is 3.19. The van der Waals surface area contributed by atoms with Crippen molar-refractivity contribution in [3.05, 3.63) is 0 Å². The second-order valence-electron chi connectivity index (χ2n) is 5.76. The molecule has 2 atom stereocenters. The van der Waals surface area contributed by atoms with E-state index in [1.165, 1.54) is 0 Å². The molecule has 0 aromatic carbocycles. The fourth-order valence-electron chi connectivity index (χ4n) is 3.19. The summed E-state index contributed by atoms with van der Waals surface area (Å²) in [5.74, 6) is 0.418. The van der Waals surface area contributed by atoms with E-state index in [-0.39, 0.29) is 29.8 Å². The SMILES string of the molecule is COCCCN1C(=O)C2CCCN2C(=O)C1C(C)C. The van der Waals surface area contributed by atoms with Crippen LogP contribution >= 0.6 is 0 Å². The molecule has 0 radical (unpaired) electrons. The number of carbonyl (C=O) groups excluding carboxylic acids is 2. The first kappa shape index (κ1) is 14.3. The number of rotatable bonds is 5. The van der Waals surface area contributed by atoms with Crippen LogP contribution in [0.4, 0.5) is 0 Å². The molecule has 2 fully saturated rings. The third-order valence-electron chi connectivity index (χ3n) is 4.07. The van der Waals surface area contributed by atoms with Gasteiger partial charge in [0.05, 0.1) is 0 Å². The van der Waals surface area contributed by atoms with Crippen LogP contribution in [0.3, 0.4) is 0 Å². The number of nitrogens with zero attached hydrogens (tertiary/aromatic N) is 2. The Morgan fingerprint density at radius 1 is 1.32 bits per heavy atom. The highest BCUT2D eigenvalue weighted by Crippen LogP contribution is 2.29. The van der Waals surface area contributed by atoms with Gasteiger partial charge in [-0.05, 0) is 25.2 Å². The van der Waals surface area contributed by atoms with Crippen LogP contribution in [0, 0.1) is 5.92 Å². The Kier molecular flexibility index (Phi) is 4.45. The Morgan fingerprint density at radius 3 is 2.68 bits per heavy atom. The maximum atomic E-state index is 12.6. The van der Waals surface area contributed by atoms with E-state index in [9.17, 15) is 9.59 Å². The monoisotopic (exact) mass is 268 g/mol. The van der Waals surface area contributed by atoms with E-state index in [0.29, 0.717) is 13.2 Å². The van der Waals surface area contributed by atoms with Crippen molar-refractivity contribution in [2.45, 2.75) is 45.2 Å². The molecule has 0 spiro atoms. The van der Waals surface area contributed by atoms with Gasteiger partial charge >= 0.3 is 0 Å². The lowest BCUT2D eigenvalue weighted by atomic mass is 9.95. The molecule has 2 aliphatic rings. The second kappa shape index (κ2) is 5.90. The first-order valence-electron chi connectivity index (χ1n) is 7.17. The standard InChI is InChI=1S/C14H24N2O3/c1-10(2)12-14(18)15-7-4-6-11(15)13(17)16(12)8-5-9-19-3/h10-12H,4-9H2,1-3H3. The Bertz CT molecular complexity index is 357. The van der Waals surface area contributed by atoms with Crippen molar-refractivity contribution in [3.63, 3.8) is 0 Å². The van der Waals surface area contributed by atoms with Gasteiger partial charge in [-0.2, -0.15) is 0 Å². The number of amides is 2. The van der Waals surface area contributed by atoms with Gasteiger partial charge in [0.2, 0.25) is 11.8 Å². The summed E-state index contributed by atoms with van der Waals surface area (Å²) in [5.41, 5.74) is 0. The minimum Gasteiger partial charge on any atom is -0.385 e. The van der Waals surface area contributed by atoms with Crippen LogP contribution in [-0.2, 0) is 14.3 Å². The van der Waals surface area contributed by atoms with Crippen LogP contribution < -0.4 is 0 Å². The number of hydrogen-bond donors (Lipinski definition) is 0. The zero-order valence-electron chi connectivity index (χ0n) is 12.1. The molecular weight excluding hydrogens is 244 g/mol. The Balaban J connectivity index is 2.16. The van der Waals surface area contributed by atoms with Crippen molar-refractivity contribution in [2.75, 3.05) is 26.8 Å². The molecule has 0 aromatic rings. The van der Waals surface area contributed by atoms with E-state index >= 15 is 0 Å². The van der Waals surface area contributed by atoms with E-state index in [1.807, 2.05) is 13.8 Å². The smallest absolute Gasteiger partial charge is 0.246 e. The average molecular weight is 268 g/mol. The van der Waals surface area contributed by atoms with Crippen molar-refractivity contribution < 1.29 is 14.3 Å². The van der Waals surface area contributed by atoms with Crippen LogP contribution in [-0.4, -0.2) is 60.5 Å². The molecule has 2 aliphatic heterocycles. The highest BCUT2D eigenvalue weighted by Gasteiger charge is 2.48. The minimum atomic E-state index is -0.293. The number of piperazine rings is 1. The molecular formula is C14H24N2O3. The van der Waals surface area contributed by atoms with Gasteiger partial charge in [0.25, 0.3) is 0 Å². The molecule has 2 rings (SSSR count). The van der Waals surface area contributed by atoms with Gasteiger partial charge in [-0.1, -0.05) is 13.8 Å². The molecule has 2 saturated heterocycles. The molecule has 2 amide bonds. The summed E-state index contributed by atoms with van der Waals surface area (Å²) in [6.07, 6.45) is 2.54. The summed E-state index contributed by atoms with van der Waals surface area (Å²) >= 11 is 0. The third-order valence-corrected chi connectivity index (χ3v) is 4.07. The van der Waals surface area contributed by atoms with Crippen molar-refractivity contribution in [3.8, 4) is 0 Å². The van der Waals surface area contributed by atoms with Gasteiger partial charge in [-0.3, -0.25) is 9.59 Å². The van der Waals surface area contributed by atoms with Gasteiger partial charge in [-0.15, -0.1) is 0 Å². The quantitative estimate of drug-likeness (QED) is 0.696. The Labute approximate surface area is 114 Å². The average Bonchev–Trinajstić information content (AvgIpc) is 2.84. The summed E-state index contributed by atoms with van der Waals surface area (Å²) in [5, 5.41) is 0. The predicted octanol–water partition coefficient (Wildman–Crippen LogP) is 0.881. The Hall–Kier alpha value is -1.10. The number of methoxy groups -OCH3 is 1. The van der Waals surface area contributed by atoms with Gasteiger partial charge in [0.15, 0.2) is 0 Å². The number of carbonyl (C=O) groups is 2. The van der Waals surface area contributed by atoms with E-state index in [2.05, 4.69) is 0 Å². The number of ether oxygens (including phenoxy) is 1. The lowest BCUT2D eigenvalue weighted by Gasteiger charge is -2.44. The molecule has 0 bridgehead atoms. The summed E-state index contributed by atoms with van der Waals surface area (Å²) in [7, 11) is 1.65. The van der Waals surface area contributed by atoms with E-state index in [4.69, 9.17) is 4.74 Å². The molecule has 0 aliphatic carbocycles. The molecule has 5 nitrogen and oxygen atoms in total. The van der Waals surface area contributed by atoms with Gasteiger partial charge in [-0.25, -0.2) is 0 Å². The highest BCUT2D eigenvalue weighted by molar-refractivity contribution is 5.97. The van der Waals surface area contributed by atoms with E-state index in [0.717, 1.165) is 25.8 Å². The molecule has 2 heterocycles. The zero-order valence-corrected chi connectivity index (χ0v) is 12.1. The molecule has 0 aromatic heterocycles. The predicted molar refractivity (Wildman–Crippen MR) is 71.6 cm³/mol. The molecule has 2 unspecified atom stereocenters. The van der Waals surface area contributed by atoms with Crippen LogP contribution in [0.15, 0.2) is 0 Å². The largest absolute Gasteiger partial charge is 0.385 e. The maximum Gasteiger partial charge on any atom is 0.246 e. The van der Waals surface area contributed by atoms with Gasteiger partial charge in [0, 0.05) is 26.8 Å². The molecule has 19 heavy (non-hydrogen) atoms. The van der Waals surface area contributed by atoms with Crippen LogP contribution in [0.25, 0.3) is 0 Å². The second-order valence-corrected chi connectivity index (χ2v) is 5.76. The summed E-state index contributed by atoms with van der Waals surface area (Å²) < 4.78 is 5.04. The lowest BCUT2D eigenvalue weighted by molar-refractivity contribution is -0.161. The minimum absolute atomic E-state index is 0.131. The van der Waals surface area contributed by atoms with E-state index in [1.54, 1.807) is 16.9 Å². The van der Waals surface area contributed by atoms with Gasteiger partial charge in [0.1, 0.15) is 12.1 Å². The maximum absolute atomic E-state index is 12.6. The molecule has 5 heteroatoms. The summed E-state index contributed by atoms with van der Waals surface area (Å²) in [4.78, 5) is 28.7. The van der Waals surface area contributed by atoms with Crippen LogP contribution in [0.2, 0.25) is 0 Å². The number of fused-ring (bicyclic) bond motifs is 1. The van der Waals surface area contributed by atoms with E-state index < -0.39 is 0 Å². The normalized spacial score (nSPS) is 27.4. The summed E-state index contributed by atoms with van der Waals surface area (Å²) in [6.45, 7) is 6.00. The first-order valence-corrected chi connectivity index (χ1v) is 7.17. The number of hydrogen-bond acceptors (Lipinski definition) is 3. The molecule has 0 saturated carbocycles. The molecule has 108 valence electrons. The van der Waals surface area contributed by atoms with Crippen molar-refractivity contribution in [1.29, 1.82) is 0 Å². The first-order chi connectivity index (χ1) is 9.07. The van der Waals surface area contributed by atoms with Crippen molar-refractivity contribution in [1.82, 2.24) is 9.80 Å². The topological polar surface area (TPSA) is 49.9 Å². The Morgan fingerprint density at radius 2 is 2.05 bits per heavy atom. The van der Waals surface area contributed by atoms with Crippen molar-refractivity contribution >= 4 is 11.8 Å². The molecule has 0 N–H and O–H groups in total. The van der Waals surface area contributed by atoms with Gasteiger partial charge < -0.3 is 14.5 Å². The lowest BCUT2D eigenvalue weighted by Crippen LogP contribution is -2.64. The highest BCUT2D eigenvalue weighted by atomic mass is 16.5. The zero-order chi connectivity index (χ0) is 14.0. The summed E-state index contributed by atoms with van der Waals surface area (Å²) in [6, 6.07) is -0.497. The third kappa shape index (κ3) is 2.61. The fraction of sp³-hybridized carbons (Fsp3) is 0.857. The van der Waals surface area contributed by atoms with Crippen LogP contribution in [0.5, 0.6) is 0 Å². The van der Waals surface area contributed by atoms with Crippen LogP contribution in [0.1, 0.15) is 33.1 Å².